The van der Waals surface area contributed by atoms with Gasteiger partial charge in [-0.2, -0.15) is 10.2 Å². The molecule has 0 spiro atoms. The highest BCUT2D eigenvalue weighted by Gasteiger charge is 2.20. The molecule has 5 nitrogen and oxygen atoms in total. The SMILES string of the molecule is CCn1cc(C(=O)c2cn(C)nc2I)c(Cl)n1. The van der Waals surface area contributed by atoms with Gasteiger partial charge in [0.1, 0.15) is 3.70 Å². The first-order valence-corrected chi connectivity index (χ1v) is 6.45. The molecule has 0 saturated heterocycles. The molecule has 2 rings (SSSR count). The lowest BCUT2D eigenvalue weighted by Crippen LogP contribution is -2.01. The summed E-state index contributed by atoms with van der Waals surface area (Å²) < 4.78 is 3.90. The molecule has 0 bridgehead atoms. The summed E-state index contributed by atoms with van der Waals surface area (Å²) >= 11 is 7.97. The lowest BCUT2D eigenvalue weighted by molar-refractivity contribution is 0.103. The zero-order valence-corrected chi connectivity index (χ0v) is 12.2. The van der Waals surface area contributed by atoms with E-state index < -0.39 is 0 Å². The molecule has 0 unspecified atom stereocenters. The van der Waals surface area contributed by atoms with Gasteiger partial charge in [0.15, 0.2) is 5.15 Å². The van der Waals surface area contributed by atoms with Crippen molar-refractivity contribution in [3.8, 4) is 0 Å². The molecule has 2 heterocycles. The van der Waals surface area contributed by atoms with E-state index in [1.54, 1.807) is 28.8 Å². The maximum atomic E-state index is 12.2. The van der Waals surface area contributed by atoms with E-state index in [9.17, 15) is 4.79 Å². The van der Waals surface area contributed by atoms with Crippen LogP contribution >= 0.6 is 34.2 Å². The number of rotatable bonds is 3. The van der Waals surface area contributed by atoms with E-state index in [0.29, 0.717) is 21.4 Å². The van der Waals surface area contributed by atoms with E-state index in [4.69, 9.17) is 11.6 Å². The van der Waals surface area contributed by atoms with Gasteiger partial charge in [0.25, 0.3) is 0 Å². The first kappa shape index (κ1) is 12.6. The first-order chi connectivity index (χ1) is 8.02. The number of aromatic nitrogens is 4. The Kier molecular flexibility index (Phi) is 3.53. The topological polar surface area (TPSA) is 52.7 Å². The number of carbonyl (C=O) groups is 1. The molecule has 0 aromatic carbocycles. The first-order valence-electron chi connectivity index (χ1n) is 4.99. The molecule has 0 saturated carbocycles. The Labute approximate surface area is 117 Å². The van der Waals surface area contributed by atoms with Crippen LogP contribution in [0.25, 0.3) is 0 Å². The number of nitrogens with zero attached hydrogens (tertiary/aromatic N) is 4. The summed E-state index contributed by atoms with van der Waals surface area (Å²) in [7, 11) is 1.77. The number of ketones is 1. The Hall–Kier alpha value is -0.890. The summed E-state index contributed by atoms with van der Waals surface area (Å²) in [4.78, 5) is 12.2. The Bertz CT molecular complexity index is 575. The molecule has 0 atom stereocenters. The van der Waals surface area contributed by atoms with Crippen molar-refractivity contribution in [2.75, 3.05) is 0 Å². The minimum atomic E-state index is -0.146. The zero-order chi connectivity index (χ0) is 12.6. The average Bonchev–Trinajstić information content (AvgIpc) is 2.81. The van der Waals surface area contributed by atoms with Crippen LogP contribution in [0.1, 0.15) is 22.8 Å². The van der Waals surface area contributed by atoms with E-state index in [1.807, 2.05) is 29.5 Å². The van der Waals surface area contributed by atoms with Crippen LogP contribution in [-0.2, 0) is 13.6 Å². The van der Waals surface area contributed by atoms with E-state index in [1.165, 1.54) is 0 Å². The molecule has 0 N–H and O–H groups in total. The quantitative estimate of drug-likeness (QED) is 0.619. The van der Waals surface area contributed by atoms with Crippen LogP contribution < -0.4 is 0 Å². The van der Waals surface area contributed by atoms with E-state index in [-0.39, 0.29) is 10.9 Å². The lowest BCUT2D eigenvalue weighted by atomic mass is 10.1. The zero-order valence-electron chi connectivity index (χ0n) is 9.31. The highest BCUT2D eigenvalue weighted by atomic mass is 127. The minimum Gasteiger partial charge on any atom is -0.288 e. The summed E-state index contributed by atoms with van der Waals surface area (Å²) in [6.07, 6.45) is 3.34. The second-order valence-corrected chi connectivity index (χ2v) is 4.91. The Balaban J connectivity index is 2.43. The molecule has 0 aliphatic heterocycles. The van der Waals surface area contributed by atoms with Gasteiger partial charge < -0.3 is 0 Å². The fraction of sp³-hybridized carbons (Fsp3) is 0.300. The van der Waals surface area contributed by atoms with Gasteiger partial charge in [-0.05, 0) is 29.5 Å². The van der Waals surface area contributed by atoms with E-state index >= 15 is 0 Å². The Morgan fingerprint density at radius 1 is 1.41 bits per heavy atom. The summed E-state index contributed by atoms with van der Waals surface area (Å²) in [6, 6.07) is 0. The summed E-state index contributed by atoms with van der Waals surface area (Å²) in [5.74, 6) is -0.146. The van der Waals surface area contributed by atoms with Gasteiger partial charge >= 0.3 is 0 Å². The largest absolute Gasteiger partial charge is 0.288 e. The van der Waals surface area contributed by atoms with Gasteiger partial charge in [0, 0.05) is 26.0 Å². The van der Waals surface area contributed by atoms with Crippen molar-refractivity contribution in [1.29, 1.82) is 0 Å². The fourth-order valence-electron chi connectivity index (χ4n) is 1.47. The lowest BCUT2D eigenvalue weighted by Gasteiger charge is -1.94. The Morgan fingerprint density at radius 3 is 2.59 bits per heavy atom. The smallest absolute Gasteiger partial charge is 0.202 e. The van der Waals surface area contributed by atoms with Gasteiger partial charge in [-0.15, -0.1) is 0 Å². The maximum Gasteiger partial charge on any atom is 0.202 e. The fourth-order valence-corrected chi connectivity index (χ4v) is 2.43. The standard InChI is InChI=1S/C10H10ClIN4O/c1-3-16-5-6(9(11)13-16)8(17)7-4-15(2)14-10(7)12/h4-5H,3H2,1-2H3. The van der Waals surface area contributed by atoms with Crippen molar-refractivity contribution in [1.82, 2.24) is 19.6 Å². The number of hydrogen-bond acceptors (Lipinski definition) is 3. The van der Waals surface area contributed by atoms with E-state index in [2.05, 4.69) is 10.2 Å². The summed E-state index contributed by atoms with van der Waals surface area (Å²) in [5.41, 5.74) is 0.963. The predicted molar refractivity (Wildman–Crippen MR) is 72.3 cm³/mol. The molecule has 7 heteroatoms. The second kappa shape index (κ2) is 4.77. The Morgan fingerprint density at radius 2 is 2.12 bits per heavy atom. The summed E-state index contributed by atoms with van der Waals surface area (Å²) in [5, 5.41) is 8.40. The summed E-state index contributed by atoms with van der Waals surface area (Å²) in [6.45, 7) is 2.61. The van der Waals surface area contributed by atoms with Crippen molar-refractivity contribution >= 4 is 40.0 Å². The van der Waals surface area contributed by atoms with Gasteiger partial charge in [-0.3, -0.25) is 14.2 Å². The average molecular weight is 365 g/mol. The van der Waals surface area contributed by atoms with Gasteiger partial charge in [-0.1, -0.05) is 11.6 Å². The van der Waals surface area contributed by atoms with Crippen molar-refractivity contribution in [2.45, 2.75) is 13.5 Å². The van der Waals surface area contributed by atoms with Crippen LogP contribution in [0.4, 0.5) is 0 Å². The minimum absolute atomic E-state index is 0.146. The molecule has 0 fully saturated rings. The third-order valence-electron chi connectivity index (χ3n) is 2.31. The van der Waals surface area contributed by atoms with Crippen LogP contribution in [0.2, 0.25) is 5.15 Å². The van der Waals surface area contributed by atoms with Gasteiger partial charge in [-0.25, -0.2) is 0 Å². The molecule has 17 heavy (non-hydrogen) atoms. The van der Waals surface area contributed by atoms with Crippen molar-refractivity contribution in [3.05, 3.63) is 32.4 Å². The number of hydrogen-bond donors (Lipinski definition) is 0. The van der Waals surface area contributed by atoms with Crippen LogP contribution in [0.3, 0.4) is 0 Å². The van der Waals surface area contributed by atoms with Crippen LogP contribution in [0, 0.1) is 3.70 Å². The molecule has 2 aromatic rings. The van der Waals surface area contributed by atoms with Crippen LogP contribution in [0.15, 0.2) is 12.4 Å². The number of carbonyl (C=O) groups excluding carboxylic acids is 1. The molecular weight excluding hydrogens is 354 g/mol. The predicted octanol–water partition coefficient (Wildman–Crippen LogP) is 2.13. The normalized spacial score (nSPS) is 10.8. The van der Waals surface area contributed by atoms with Crippen LogP contribution in [0.5, 0.6) is 0 Å². The van der Waals surface area contributed by atoms with Crippen molar-refractivity contribution < 1.29 is 4.79 Å². The maximum absolute atomic E-state index is 12.2. The second-order valence-electron chi connectivity index (χ2n) is 3.53. The third kappa shape index (κ3) is 2.37. The van der Waals surface area contributed by atoms with Gasteiger partial charge in [0.2, 0.25) is 5.78 Å². The molecule has 90 valence electrons. The molecule has 0 aliphatic rings. The van der Waals surface area contributed by atoms with Crippen LogP contribution in [-0.4, -0.2) is 25.3 Å². The van der Waals surface area contributed by atoms with E-state index in [0.717, 1.165) is 0 Å². The van der Waals surface area contributed by atoms with Crippen molar-refractivity contribution in [2.24, 2.45) is 7.05 Å². The monoisotopic (exact) mass is 364 g/mol. The molecule has 0 radical (unpaired) electrons. The highest BCUT2D eigenvalue weighted by molar-refractivity contribution is 14.1. The molecule has 2 aromatic heterocycles. The molecule has 0 amide bonds. The number of halogens is 2. The molecule has 0 aliphatic carbocycles. The third-order valence-corrected chi connectivity index (χ3v) is 3.39. The number of aryl methyl sites for hydroxylation is 2. The highest BCUT2D eigenvalue weighted by Crippen LogP contribution is 2.20. The molecular formula is C10H10ClIN4O. The van der Waals surface area contributed by atoms with Crippen molar-refractivity contribution in [3.63, 3.8) is 0 Å². The van der Waals surface area contributed by atoms with Gasteiger partial charge in [0.05, 0.1) is 11.1 Å².